The minimum Gasteiger partial charge on any atom is -0.364 e. The zero-order valence-electron chi connectivity index (χ0n) is 11.5. The van der Waals surface area contributed by atoms with Crippen LogP contribution in [0.5, 0.6) is 0 Å². The van der Waals surface area contributed by atoms with E-state index in [0.717, 1.165) is 31.5 Å². The summed E-state index contributed by atoms with van der Waals surface area (Å²) in [7, 11) is 0. The summed E-state index contributed by atoms with van der Waals surface area (Å²) in [6.45, 7) is 4.38. The van der Waals surface area contributed by atoms with Crippen LogP contribution in [0.2, 0.25) is 0 Å². The van der Waals surface area contributed by atoms with Crippen LogP contribution >= 0.6 is 0 Å². The largest absolute Gasteiger partial charge is 0.364 e. The molecule has 2 heterocycles. The zero-order chi connectivity index (χ0) is 14.5. The quantitative estimate of drug-likeness (QED) is 0.799. The Morgan fingerprint density at radius 3 is 3.00 bits per heavy atom. The van der Waals surface area contributed by atoms with E-state index in [0.29, 0.717) is 12.8 Å². The summed E-state index contributed by atoms with van der Waals surface area (Å²) >= 11 is 0. The van der Waals surface area contributed by atoms with Crippen molar-refractivity contribution in [2.24, 2.45) is 5.73 Å². The lowest BCUT2D eigenvalue weighted by molar-refractivity contribution is -0.135. The summed E-state index contributed by atoms with van der Waals surface area (Å²) in [5.74, 6) is -0.447. The molecule has 20 heavy (non-hydrogen) atoms. The van der Waals surface area contributed by atoms with E-state index >= 15 is 0 Å². The summed E-state index contributed by atoms with van der Waals surface area (Å²) < 4.78 is 0. The molecule has 6 nitrogen and oxygen atoms in total. The van der Waals surface area contributed by atoms with Crippen molar-refractivity contribution >= 4 is 11.8 Å². The molecule has 108 valence electrons. The maximum atomic E-state index is 12.2. The number of carbonyl (C=O) groups is 2. The van der Waals surface area contributed by atoms with Gasteiger partial charge >= 0.3 is 0 Å². The number of piperidine rings is 1. The predicted octanol–water partition coefficient (Wildman–Crippen LogP) is 1.53. The third-order valence-electron chi connectivity index (χ3n) is 3.59. The Morgan fingerprint density at radius 2 is 2.35 bits per heavy atom. The van der Waals surface area contributed by atoms with Gasteiger partial charge in [-0.1, -0.05) is 6.08 Å². The number of hydrogen-bond acceptors (Lipinski definition) is 3. The van der Waals surface area contributed by atoms with Gasteiger partial charge in [0, 0.05) is 13.0 Å². The molecule has 1 aromatic heterocycles. The number of rotatable bonds is 5. The maximum Gasteiger partial charge on any atom is 0.269 e. The minimum atomic E-state index is -0.562. The van der Waals surface area contributed by atoms with Gasteiger partial charge in [-0.15, -0.1) is 6.58 Å². The molecule has 1 aliphatic rings. The molecule has 1 saturated heterocycles. The highest BCUT2D eigenvalue weighted by molar-refractivity contribution is 5.90. The Labute approximate surface area is 118 Å². The Bertz CT molecular complexity index is 509. The van der Waals surface area contributed by atoms with Crippen LogP contribution in [0.4, 0.5) is 0 Å². The van der Waals surface area contributed by atoms with Crippen molar-refractivity contribution in [3.8, 4) is 0 Å². The van der Waals surface area contributed by atoms with E-state index in [1.165, 1.54) is 0 Å². The van der Waals surface area contributed by atoms with Crippen LogP contribution in [-0.2, 0) is 4.79 Å². The van der Waals surface area contributed by atoms with E-state index in [2.05, 4.69) is 16.8 Å². The molecule has 0 radical (unpaired) electrons. The average Bonchev–Trinajstić information content (AvgIpc) is 2.94. The van der Waals surface area contributed by atoms with Crippen molar-refractivity contribution in [1.82, 2.24) is 15.1 Å². The van der Waals surface area contributed by atoms with E-state index in [1.54, 1.807) is 12.1 Å². The molecule has 0 bridgehead atoms. The molecule has 6 heteroatoms. The third kappa shape index (κ3) is 3.07. The van der Waals surface area contributed by atoms with Crippen LogP contribution in [-0.4, -0.2) is 33.5 Å². The molecule has 3 N–H and O–H groups in total. The molecular formula is C14H20N4O2. The smallest absolute Gasteiger partial charge is 0.269 e. The normalized spacial score (nSPS) is 18.8. The summed E-state index contributed by atoms with van der Waals surface area (Å²) in [4.78, 5) is 25.2. The number of likely N-dealkylation sites (tertiary alicyclic amines) is 1. The fraction of sp³-hybridized carbons (Fsp3) is 0.500. The van der Waals surface area contributed by atoms with Gasteiger partial charge in [0.25, 0.3) is 5.91 Å². The van der Waals surface area contributed by atoms with Crippen LogP contribution < -0.4 is 5.73 Å². The molecule has 0 spiro atoms. The minimum absolute atomic E-state index is 0.0401. The maximum absolute atomic E-state index is 12.2. The number of nitrogens with zero attached hydrogens (tertiary/aromatic N) is 2. The SMILES string of the molecule is C=CCCC(=O)N1CCCCC1c1cc(C(N)=O)n[nH]1. The van der Waals surface area contributed by atoms with Crippen LogP contribution in [0.1, 0.15) is 54.3 Å². The van der Waals surface area contributed by atoms with E-state index in [1.807, 2.05) is 4.90 Å². The van der Waals surface area contributed by atoms with Gasteiger partial charge < -0.3 is 10.6 Å². The summed E-state index contributed by atoms with van der Waals surface area (Å²) in [5, 5.41) is 6.73. The molecule has 1 aromatic rings. The van der Waals surface area contributed by atoms with Crippen molar-refractivity contribution in [3.63, 3.8) is 0 Å². The van der Waals surface area contributed by atoms with E-state index in [9.17, 15) is 9.59 Å². The number of hydrogen-bond donors (Lipinski definition) is 2. The first kappa shape index (κ1) is 14.3. The van der Waals surface area contributed by atoms with Gasteiger partial charge in [0.1, 0.15) is 5.69 Å². The molecule has 1 atom stereocenters. The van der Waals surface area contributed by atoms with Gasteiger partial charge in [-0.05, 0) is 31.7 Å². The Kier molecular flexibility index (Phi) is 4.55. The number of allylic oxidation sites excluding steroid dienone is 1. The van der Waals surface area contributed by atoms with Crippen molar-refractivity contribution < 1.29 is 9.59 Å². The lowest BCUT2D eigenvalue weighted by atomic mass is 9.98. The van der Waals surface area contributed by atoms with Crippen molar-refractivity contribution in [1.29, 1.82) is 0 Å². The monoisotopic (exact) mass is 276 g/mol. The number of primary amides is 1. The Morgan fingerprint density at radius 1 is 1.55 bits per heavy atom. The van der Waals surface area contributed by atoms with Crippen molar-refractivity contribution in [2.75, 3.05) is 6.54 Å². The second-order valence-electron chi connectivity index (χ2n) is 5.00. The molecule has 0 saturated carbocycles. The molecule has 1 fully saturated rings. The highest BCUT2D eigenvalue weighted by Gasteiger charge is 2.29. The highest BCUT2D eigenvalue weighted by atomic mass is 16.2. The third-order valence-corrected chi connectivity index (χ3v) is 3.59. The van der Waals surface area contributed by atoms with Crippen LogP contribution in [0.15, 0.2) is 18.7 Å². The fourth-order valence-electron chi connectivity index (χ4n) is 2.56. The van der Waals surface area contributed by atoms with E-state index < -0.39 is 5.91 Å². The summed E-state index contributed by atoms with van der Waals surface area (Å²) in [6, 6.07) is 1.60. The summed E-state index contributed by atoms with van der Waals surface area (Å²) in [5.41, 5.74) is 6.20. The van der Waals surface area contributed by atoms with E-state index in [4.69, 9.17) is 5.73 Å². The molecular weight excluding hydrogens is 256 g/mol. The van der Waals surface area contributed by atoms with Gasteiger partial charge in [-0.3, -0.25) is 14.7 Å². The number of amides is 2. The summed E-state index contributed by atoms with van der Waals surface area (Å²) in [6.07, 6.45) is 5.83. The number of nitrogens with one attached hydrogen (secondary N) is 1. The van der Waals surface area contributed by atoms with Gasteiger partial charge in [0.15, 0.2) is 0 Å². The lowest BCUT2D eigenvalue weighted by Gasteiger charge is -2.35. The predicted molar refractivity (Wildman–Crippen MR) is 74.8 cm³/mol. The van der Waals surface area contributed by atoms with Crippen molar-refractivity contribution in [2.45, 2.75) is 38.1 Å². The zero-order valence-corrected chi connectivity index (χ0v) is 11.5. The van der Waals surface area contributed by atoms with Gasteiger partial charge in [0.2, 0.25) is 5.91 Å². The number of H-pyrrole nitrogens is 1. The van der Waals surface area contributed by atoms with Gasteiger partial charge in [0.05, 0.1) is 11.7 Å². The Hall–Kier alpha value is -2.11. The topological polar surface area (TPSA) is 92.1 Å². The van der Waals surface area contributed by atoms with E-state index in [-0.39, 0.29) is 17.6 Å². The highest BCUT2D eigenvalue weighted by Crippen LogP contribution is 2.30. The van der Waals surface area contributed by atoms with Crippen LogP contribution in [0.25, 0.3) is 0 Å². The Balaban J connectivity index is 2.15. The first-order valence-corrected chi connectivity index (χ1v) is 6.89. The van der Waals surface area contributed by atoms with Crippen LogP contribution in [0.3, 0.4) is 0 Å². The number of nitrogens with two attached hydrogens (primary N) is 1. The number of carbonyl (C=O) groups excluding carboxylic acids is 2. The first-order valence-electron chi connectivity index (χ1n) is 6.89. The van der Waals surface area contributed by atoms with Crippen LogP contribution in [0, 0.1) is 0 Å². The molecule has 0 aromatic carbocycles. The standard InChI is InChI=1S/C14H20N4O2/c1-2-3-7-13(19)18-8-5-4-6-12(18)10-9-11(14(15)20)17-16-10/h2,9,12H,1,3-8H2,(H2,15,20)(H,16,17). The first-order chi connectivity index (χ1) is 9.63. The van der Waals surface area contributed by atoms with Gasteiger partial charge in [-0.2, -0.15) is 5.10 Å². The number of aromatic nitrogens is 2. The van der Waals surface area contributed by atoms with Gasteiger partial charge in [-0.25, -0.2) is 0 Å². The molecule has 1 unspecified atom stereocenters. The molecule has 2 rings (SSSR count). The fourth-order valence-corrected chi connectivity index (χ4v) is 2.56. The molecule has 0 aliphatic carbocycles. The van der Waals surface area contributed by atoms with Crippen molar-refractivity contribution in [3.05, 3.63) is 30.1 Å². The second kappa shape index (κ2) is 6.36. The lowest BCUT2D eigenvalue weighted by Crippen LogP contribution is -2.38. The second-order valence-corrected chi connectivity index (χ2v) is 5.00. The molecule has 1 aliphatic heterocycles. The average molecular weight is 276 g/mol. The number of aromatic amines is 1. The molecule has 2 amide bonds.